The average Bonchev–Trinajstić information content (AvgIpc) is 2.93. The SMILES string of the molecule is CC1=C(C)C(C)C(C2=C3CCCC3=CC2[SiH3])=C1C. The molecule has 0 nitrogen and oxygen atoms in total. The second-order valence-corrected chi connectivity index (χ2v) is 7.54. The lowest BCUT2D eigenvalue weighted by atomic mass is 9.88. The Morgan fingerprint density at radius 1 is 1.06 bits per heavy atom. The highest BCUT2D eigenvalue weighted by atomic mass is 28.1. The number of hydrogen-bond donors (Lipinski definition) is 0. The molecule has 0 bridgehead atoms. The van der Waals surface area contributed by atoms with Crippen LogP contribution in [0.4, 0.5) is 0 Å². The monoisotopic (exact) mass is 256 g/mol. The predicted octanol–water partition coefficient (Wildman–Crippen LogP) is 3.86. The molecular weight excluding hydrogens is 232 g/mol. The smallest absolute Gasteiger partial charge is 0.0171 e. The second-order valence-electron chi connectivity index (χ2n) is 6.29. The van der Waals surface area contributed by atoms with Gasteiger partial charge in [0, 0.05) is 16.2 Å². The third kappa shape index (κ3) is 1.49. The molecule has 3 aliphatic rings. The number of fused-ring (bicyclic) bond motifs is 1. The van der Waals surface area contributed by atoms with Crippen LogP contribution >= 0.6 is 0 Å². The molecule has 0 spiro atoms. The fourth-order valence-electron chi connectivity index (χ4n) is 4.13. The van der Waals surface area contributed by atoms with Crippen LogP contribution in [0.2, 0.25) is 5.54 Å². The minimum Gasteiger partial charge on any atom is -0.0772 e. The van der Waals surface area contributed by atoms with E-state index in [0.29, 0.717) is 5.92 Å². The van der Waals surface area contributed by atoms with Crippen LogP contribution in [0, 0.1) is 5.92 Å². The fraction of sp³-hybridized carbons (Fsp3) is 0.529. The Bertz CT molecular complexity index is 540. The van der Waals surface area contributed by atoms with E-state index >= 15 is 0 Å². The summed E-state index contributed by atoms with van der Waals surface area (Å²) in [4.78, 5) is 0. The van der Waals surface area contributed by atoms with E-state index in [1.54, 1.807) is 39.0 Å². The molecule has 0 aromatic heterocycles. The minimum absolute atomic E-state index is 0.650. The van der Waals surface area contributed by atoms with Gasteiger partial charge in [-0.15, -0.1) is 0 Å². The van der Waals surface area contributed by atoms with Gasteiger partial charge in [0.2, 0.25) is 0 Å². The fourth-order valence-corrected chi connectivity index (χ4v) is 5.19. The lowest BCUT2D eigenvalue weighted by Crippen LogP contribution is -2.05. The molecule has 1 fully saturated rings. The van der Waals surface area contributed by atoms with Gasteiger partial charge in [-0.3, -0.25) is 0 Å². The van der Waals surface area contributed by atoms with Crippen LogP contribution in [-0.2, 0) is 0 Å². The van der Waals surface area contributed by atoms with Gasteiger partial charge < -0.3 is 0 Å². The van der Waals surface area contributed by atoms with Crippen LogP contribution in [0.3, 0.4) is 0 Å². The van der Waals surface area contributed by atoms with Crippen molar-refractivity contribution < 1.29 is 0 Å². The van der Waals surface area contributed by atoms with Crippen LogP contribution in [-0.4, -0.2) is 10.2 Å². The van der Waals surface area contributed by atoms with Crippen molar-refractivity contribution >= 4 is 10.2 Å². The Labute approximate surface area is 114 Å². The molecule has 18 heavy (non-hydrogen) atoms. The summed E-state index contributed by atoms with van der Waals surface area (Å²) < 4.78 is 0. The first-order valence-electron chi connectivity index (χ1n) is 7.35. The van der Waals surface area contributed by atoms with Crippen molar-refractivity contribution in [2.45, 2.75) is 52.5 Å². The molecule has 0 aromatic carbocycles. The van der Waals surface area contributed by atoms with Crippen LogP contribution in [0.1, 0.15) is 47.0 Å². The molecule has 1 heteroatoms. The Morgan fingerprint density at radius 2 is 1.78 bits per heavy atom. The molecular formula is C17H24Si. The van der Waals surface area contributed by atoms with Crippen molar-refractivity contribution in [3.8, 4) is 0 Å². The van der Waals surface area contributed by atoms with E-state index in [9.17, 15) is 0 Å². The van der Waals surface area contributed by atoms with E-state index in [4.69, 9.17) is 0 Å². The summed E-state index contributed by atoms with van der Waals surface area (Å²) in [6.07, 6.45) is 6.64. The number of hydrogen-bond acceptors (Lipinski definition) is 0. The topological polar surface area (TPSA) is 0 Å². The summed E-state index contributed by atoms with van der Waals surface area (Å²) in [7, 11) is 1.27. The summed E-state index contributed by atoms with van der Waals surface area (Å²) in [5.74, 6) is 0.650. The Hall–Kier alpha value is -0.823. The first-order chi connectivity index (χ1) is 8.52. The number of rotatable bonds is 1. The summed E-state index contributed by atoms with van der Waals surface area (Å²) in [5.41, 5.74) is 12.4. The molecule has 0 amide bonds. The highest BCUT2D eigenvalue weighted by Gasteiger charge is 2.34. The zero-order valence-electron chi connectivity index (χ0n) is 12.4. The summed E-state index contributed by atoms with van der Waals surface area (Å²) in [5, 5.41) is 0. The molecule has 96 valence electrons. The molecule has 0 aromatic rings. The highest BCUT2D eigenvalue weighted by molar-refractivity contribution is 6.16. The van der Waals surface area contributed by atoms with E-state index in [1.165, 1.54) is 29.5 Å². The van der Waals surface area contributed by atoms with E-state index in [1.807, 2.05) is 0 Å². The van der Waals surface area contributed by atoms with E-state index in [0.717, 1.165) is 5.54 Å². The van der Waals surface area contributed by atoms with Gasteiger partial charge in [0.15, 0.2) is 0 Å². The summed E-state index contributed by atoms with van der Waals surface area (Å²) >= 11 is 0. The normalized spacial score (nSPS) is 31.9. The molecule has 2 atom stereocenters. The standard InChI is InChI=1S/C17H24Si/c1-9-10(2)12(4)16(11(9)3)17-14-7-5-6-13(14)8-15(17)18/h8,11,15H,5-7H2,1-4,18H3. The number of allylic oxidation sites excluding steroid dienone is 8. The maximum absolute atomic E-state index is 2.58. The van der Waals surface area contributed by atoms with Crippen LogP contribution in [0.25, 0.3) is 0 Å². The average molecular weight is 256 g/mol. The van der Waals surface area contributed by atoms with E-state index < -0.39 is 0 Å². The lowest BCUT2D eigenvalue weighted by Gasteiger charge is -2.20. The maximum atomic E-state index is 2.58. The van der Waals surface area contributed by atoms with Gasteiger partial charge in [-0.05, 0) is 79.0 Å². The van der Waals surface area contributed by atoms with Crippen molar-refractivity contribution in [2.75, 3.05) is 0 Å². The van der Waals surface area contributed by atoms with Gasteiger partial charge in [-0.2, -0.15) is 0 Å². The molecule has 0 radical (unpaired) electrons. The Kier molecular flexibility index (Phi) is 2.78. The molecule has 0 aliphatic heterocycles. The van der Waals surface area contributed by atoms with Gasteiger partial charge >= 0.3 is 0 Å². The van der Waals surface area contributed by atoms with Gasteiger partial charge in [0.05, 0.1) is 0 Å². The Balaban J connectivity index is 2.11. The van der Waals surface area contributed by atoms with Crippen molar-refractivity contribution in [2.24, 2.45) is 5.92 Å². The first-order valence-corrected chi connectivity index (χ1v) is 8.50. The maximum Gasteiger partial charge on any atom is 0.0171 e. The van der Waals surface area contributed by atoms with Crippen molar-refractivity contribution in [3.63, 3.8) is 0 Å². The molecule has 3 rings (SSSR count). The summed E-state index contributed by atoms with van der Waals surface area (Å²) in [6.45, 7) is 9.37. The molecule has 0 N–H and O–H groups in total. The van der Waals surface area contributed by atoms with Crippen LogP contribution < -0.4 is 0 Å². The van der Waals surface area contributed by atoms with Gasteiger partial charge in [-0.1, -0.05) is 18.6 Å². The lowest BCUT2D eigenvalue weighted by molar-refractivity contribution is 0.810. The van der Waals surface area contributed by atoms with Gasteiger partial charge in [0.25, 0.3) is 0 Å². The molecule has 0 saturated heterocycles. The van der Waals surface area contributed by atoms with Gasteiger partial charge in [-0.25, -0.2) is 0 Å². The van der Waals surface area contributed by atoms with Crippen LogP contribution in [0.5, 0.6) is 0 Å². The molecule has 0 heterocycles. The first kappa shape index (κ1) is 12.2. The third-order valence-corrected chi connectivity index (χ3v) is 6.33. The van der Waals surface area contributed by atoms with Gasteiger partial charge in [0.1, 0.15) is 0 Å². The zero-order valence-corrected chi connectivity index (χ0v) is 14.4. The zero-order chi connectivity index (χ0) is 13.0. The molecule has 1 saturated carbocycles. The van der Waals surface area contributed by atoms with E-state index in [2.05, 4.69) is 33.8 Å². The third-order valence-electron chi connectivity index (χ3n) is 5.42. The largest absolute Gasteiger partial charge is 0.0772 e. The van der Waals surface area contributed by atoms with Crippen molar-refractivity contribution in [1.82, 2.24) is 0 Å². The minimum atomic E-state index is 0.650. The molecule has 3 aliphatic carbocycles. The predicted molar refractivity (Wildman–Crippen MR) is 82.9 cm³/mol. The Morgan fingerprint density at radius 3 is 2.39 bits per heavy atom. The van der Waals surface area contributed by atoms with Crippen molar-refractivity contribution in [3.05, 3.63) is 45.1 Å². The summed E-state index contributed by atoms with van der Waals surface area (Å²) in [6, 6.07) is 0. The van der Waals surface area contributed by atoms with Crippen molar-refractivity contribution in [1.29, 1.82) is 0 Å². The quantitative estimate of drug-likeness (QED) is 0.625. The second kappa shape index (κ2) is 4.09. The van der Waals surface area contributed by atoms with E-state index in [-0.39, 0.29) is 0 Å². The van der Waals surface area contributed by atoms with Crippen LogP contribution in [0.15, 0.2) is 45.1 Å². The molecule has 2 unspecified atom stereocenters. The highest BCUT2D eigenvalue weighted by Crippen LogP contribution is 2.51.